The lowest BCUT2D eigenvalue weighted by Crippen LogP contribution is -2.43. The van der Waals surface area contributed by atoms with Gasteiger partial charge in [-0.3, -0.25) is 4.79 Å². The summed E-state index contributed by atoms with van der Waals surface area (Å²) in [5.74, 6) is 1.14. The maximum Gasteiger partial charge on any atom is 0.224 e. The number of hydrogen-bond donors (Lipinski definition) is 2. The van der Waals surface area contributed by atoms with Crippen molar-refractivity contribution in [2.75, 3.05) is 20.8 Å². The van der Waals surface area contributed by atoms with Gasteiger partial charge in [0.15, 0.2) is 11.5 Å². The van der Waals surface area contributed by atoms with Crippen LogP contribution in [0.15, 0.2) is 18.2 Å². The van der Waals surface area contributed by atoms with Gasteiger partial charge in [0.1, 0.15) is 0 Å². The third-order valence-electron chi connectivity index (χ3n) is 4.07. The highest BCUT2D eigenvalue weighted by Gasteiger charge is 2.25. The molecule has 0 radical (unpaired) electrons. The molecule has 2 unspecified atom stereocenters. The van der Waals surface area contributed by atoms with Crippen molar-refractivity contribution < 1.29 is 14.3 Å². The normalized spacial score (nSPS) is 14.1. The van der Waals surface area contributed by atoms with Crippen LogP contribution in [0, 0.1) is 5.92 Å². The first-order chi connectivity index (χ1) is 10.2. The average Bonchev–Trinajstić information content (AvgIpc) is 2.50. The van der Waals surface area contributed by atoms with E-state index in [1.165, 1.54) is 0 Å². The van der Waals surface area contributed by atoms with E-state index in [0.29, 0.717) is 18.0 Å². The first kappa shape index (κ1) is 18.3. The summed E-state index contributed by atoms with van der Waals surface area (Å²) in [6, 6.07) is 5.65. The highest BCUT2D eigenvalue weighted by atomic mass is 16.5. The number of nitrogens with one attached hydrogen (secondary N) is 1. The average molecular weight is 308 g/mol. The summed E-state index contributed by atoms with van der Waals surface area (Å²) in [6.07, 6.45) is 0. The number of amides is 1. The number of rotatable bonds is 7. The van der Waals surface area contributed by atoms with Gasteiger partial charge in [-0.1, -0.05) is 26.8 Å². The summed E-state index contributed by atoms with van der Waals surface area (Å²) in [4.78, 5) is 12.1. The van der Waals surface area contributed by atoms with Crippen LogP contribution in [0.25, 0.3) is 0 Å². The van der Waals surface area contributed by atoms with Crippen molar-refractivity contribution in [1.82, 2.24) is 5.32 Å². The molecule has 0 aliphatic heterocycles. The zero-order chi connectivity index (χ0) is 16.9. The van der Waals surface area contributed by atoms with Crippen LogP contribution in [0.3, 0.4) is 0 Å². The van der Waals surface area contributed by atoms with Crippen LogP contribution in [-0.2, 0) is 10.2 Å². The van der Waals surface area contributed by atoms with Gasteiger partial charge in [-0.25, -0.2) is 0 Å². The smallest absolute Gasteiger partial charge is 0.224 e. The van der Waals surface area contributed by atoms with Crippen LogP contribution in [0.5, 0.6) is 11.5 Å². The molecule has 0 heterocycles. The molecule has 0 spiro atoms. The van der Waals surface area contributed by atoms with Gasteiger partial charge in [0.05, 0.1) is 14.2 Å². The molecule has 2 atom stereocenters. The molecule has 3 N–H and O–H groups in total. The second-order valence-corrected chi connectivity index (χ2v) is 6.32. The Hall–Kier alpha value is -1.75. The Morgan fingerprint density at radius 3 is 2.32 bits per heavy atom. The Morgan fingerprint density at radius 2 is 1.82 bits per heavy atom. The Bertz CT molecular complexity index is 513. The number of benzene rings is 1. The van der Waals surface area contributed by atoms with Gasteiger partial charge in [0.25, 0.3) is 0 Å². The van der Waals surface area contributed by atoms with Crippen LogP contribution < -0.4 is 20.5 Å². The van der Waals surface area contributed by atoms with Gasteiger partial charge in [0.2, 0.25) is 5.91 Å². The summed E-state index contributed by atoms with van der Waals surface area (Å²) in [6.45, 7) is 8.35. The van der Waals surface area contributed by atoms with Gasteiger partial charge in [0, 0.05) is 23.9 Å². The summed E-state index contributed by atoms with van der Waals surface area (Å²) in [5.41, 5.74) is 6.60. The van der Waals surface area contributed by atoms with Gasteiger partial charge in [-0.2, -0.15) is 0 Å². The standard InChI is InChI=1S/C17H28N2O3/c1-11(12(2)18)16(20)19-10-17(3,4)13-7-8-14(21-5)15(9-13)22-6/h7-9,11-12H,10,18H2,1-6H3,(H,19,20). The maximum absolute atomic E-state index is 12.1. The fourth-order valence-electron chi connectivity index (χ4n) is 2.07. The summed E-state index contributed by atoms with van der Waals surface area (Å²) < 4.78 is 10.6. The summed E-state index contributed by atoms with van der Waals surface area (Å²) >= 11 is 0. The van der Waals surface area contributed by atoms with Crippen LogP contribution in [0.4, 0.5) is 0 Å². The fraction of sp³-hybridized carbons (Fsp3) is 0.588. The molecule has 22 heavy (non-hydrogen) atoms. The van der Waals surface area contributed by atoms with Crippen molar-refractivity contribution in [3.63, 3.8) is 0 Å². The van der Waals surface area contributed by atoms with E-state index in [4.69, 9.17) is 15.2 Å². The van der Waals surface area contributed by atoms with Crippen molar-refractivity contribution in [2.24, 2.45) is 11.7 Å². The quantitative estimate of drug-likeness (QED) is 0.809. The van der Waals surface area contributed by atoms with E-state index in [2.05, 4.69) is 19.2 Å². The molecule has 124 valence electrons. The highest BCUT2D eigenvalue weighted by molar-refractivity contribution is 5.79. The molecule has 5 heteroatoms. The predicted molar refractivity (Wildman–Crippen MR) is 88.4 cm³/mol. The van der Waals surface area contributed by atoms with E-state index in [-0.39, 0.29) is 23.3 Å². The zero-order valence-electron chi connectivity index (χ0n) is 14.4. The number of carbonyl (C=O) groups is 1. The molecule has 0 aliphatic rings. The van der Waals surface area contributed by atoms with Crippen LogP contribution >= 0.6 is 0 Å². The molecule has 0 aliphatic carbocycles. The largest absolute Gasteiger partial charge is 0.493 e. The van der Waals surface area contributed by atoms with Crippen molar-refractivity contribution in [3.05, 3.63) is 23.8 Å². The van der Waals surface area contributed by atoms with Gasteiger partial charge < -0.3 is 20.5 Å². The third kappa shape index (κ3) is 4.37. The first-order valence-corrected chi connectivity index (χ1v) is 7.48. The molecule has 1 aromatic rings. The van der Waals surface area contributed by atoms with E-state index in [1.807, 2.05) is 32.0 Å². The summed E-state index contributed by atoms with van der Waals surface area (Å²) in [7, 11) is 3.22. The van der Waals surface area contributed by atoms with Crippen molar-refractivity contribution in [1.29, 1.82) is 0 Å². The topological polar surface area (TPSA) is 73.6 Å². The molecule has 0 bridgehead atoms. The predicted octanol–water partition coefficient (Wildman–Crippen LogP) is 2.08. The molecular weight excluding hydrogens is 280 g/mol. The van der Waals surface area contributed by atoms with Crippen molar-refractivity contribution in [3.8, 4) is 11.5 Å². The zero-order valence-corrected chi connectivity index (χ0v) is 14.4. The van der Waals surface area contributed by atoms with E-state index in [9.17, 15) is 4.79 Å². The van der Waals surface area contributed by atoms with E-state index in [0.717, 1.165) is 5.56 Å². The minimum atomic E-state index is -0.229. The van der Waals surface area contributed by atoms with Gasteiger partial charge >= 0.3 is 0 Å². The molecule has 1 aromatic carbocycles. The molecule has 0 fully saturated rings. The van der Waals surface area contributed by atoms with E-state index < -0.39 is 0 Å². The lowest BCUT2D eigenvalue weighted by Gasteiger charge is -2.27. The monoisotopic (exact) mass is 308 g/mol. The fourth-order valence-corrected chi connectivity index (χ4v) is 2.07. The van der Waals surface area contributed by atoms with Crippen molar-refractivity contribution in [2.45, 2.75) is 39.2 Å². The van der Waals surface area contributed by atoms with Gasteiger partial charge in [-0.15, -0.1) is 0 Å². The second kappa shape index (κ2) is 7.49. The molecule has 1 amide bonds. The van der Waals surface area contributed by atoms with Crippen LogP contribution in [-0.4, -0.2) is 32.7 Å². The number of methoxy groups -OCH3 is 2. The Kier molecular flexibility index (Phi) is 6.23. The molecule has 0 aromatic heterocycles. The minimum absolute atomic E-state index is 0.0245. The van der Waals surface area contributed by atoms with E-state index >= 15 is 0 Å². The second-order valence-electron chi connectivity index (χ2n) is 6.32. The minimum Gasteiger partial charge on any atom is -0.493 e. The molecular formula is C17H28N2O3. The maximum atomic E-state index is 12.1. The molecule has 5 nitrogen and oxygen atoms in total. The number of nitrogens with two attached hydrogens (primary N) is 1. The summed E-state index contributed by atoms with van der Waals surface area (Å²) in [5, 5.41) is 2.98. The first-order valence-electron chi connectivity index (χ1n) is 7.48. The Labute approximate surface area is 133 Å². The SMILES string of the molecule is COc1ccc(C(C)(C)CNC(=O)C(C)C(C)N)cc1OC. The number of ether oxygens (including phenoxy) is 2. The number of hydrogen-bond acceptors (Lipinski definition) is 4. The molecule has 0 saturated heterocycles. The van der Waals surface area contributed by atoms with Crippen molar-refractivity contribution >= 4 is 5.91 Å². The highest BCUT2D eigenvalue weighted by Crippen LogP contribution is 2.32. The lowest BCUT2D eigenvalue weighted by atomic mass is 9.84. The Morgan fingerprint density at radius 1 is 1.23 bits per heavy atom. The van der Waals surface area contributed by atoms with Crippen LogP contribution in [0.2, 0.25) is 0 Å². The third-order valence-corrected chi connectivity index (χ3v) is 4.07. The Balaban J connectivity index is 2.84. The molecule has 0 saturated carbocycles. The lowest BCUT2D eigenvalue weighted by molar-refractivity contribution is -0.125. The van der Waals surface area contributed by atoms with E-state index in [1.54, 1.807) is 14.2 Å². The van der Waals surface area contributed by atoms with Crippen LogP contribution in [0.1, 0.15) is 33.3 Å². The molecule has 1 rings (SSSR count). The number of carbonyl (C=O) groups excluding carboxylic acids is 1. The van der Waals surface area contributed by atoms with Gasteiger partial charge in [-0.05, 0) is 24.6 Å².